The molecule has 3 heteroatoms. The first kappa shape index (κ1) is 9.29. The quantitative estimate of drug-likeness (QED) is 0.714. The lowest BCUT2D eigenvalue weighted by atomic mass is 10.1. The lowest BCUT2D eigenvalue weighted by Crippen LogP contribution is -1.83. The molecule has 0 saturated heterocycles. The Labute approximate surface area is 90.9 Å². The number of rotatable bonds is 1. The van der Waals surface area contributed by atoms with E-state index in [1.54, 1.807) is 0 Å². The van der Waals surface area contributed by atoms with E-state index >= 15 is 0 Å². The van der Waals surface area contributed by atoms with Gasteiger partial charge < -0.3 is 4.57 Å². The minimum Gasteiger partial charge on any atom is -0.350 e. The minimum absolute atomic E-state index is 0.714. The highest BCUT2D eigenvalue weighted by Crippen LogP contribution is 2.23. The van der Waals surface area contributed by atoms with Gasteiger partial charge in [0.2, 0.25) is 0 Å². The molecule has 1 aromatic carbocycles. The van der Waals surface area contributed by atoms with E-state index in [9.17, 15) is 0 Å². The predicted molar refractivity (Wildman–Crippen MR) is 60.3 cm³/mol. The van der Waals surface area contributed by atoms with Gasteiger partial charge in [-0.1, -0.05) is 15.9 Å². The lowest BCUT2D eigenvalue weighted by Gasteiger charge is -1.95. The molecule has 0 aliphatic carbocycles. The van der Waals surface area contributed by atoms with Crippen molar-refractivity contribution in [2.45, 2.75) is 5.33 Å². The Morgan fingerprint density at radius 2 is 2.29 bits per heavy atom. The molecule has 2 nitrogen and oxygen atoms in total. The highest BCUT2D eigenvalue weighted by molar-refractivity contribution is 9.08. The van der Waals surface area contributed by atoms with Crippen LogP contribution in [0.15, 0.2) is 24.4 Å². The predicted octanol–water partition coefficient (Wildman–Crippen LogP) is 2.94. The van der Waals surface area contributed by atoms with E-state index in [1.807, 2.05) is 25.2 Å². The van der Waals surface area contributed by atoms with Crippen LogP contribution >= 0.6 is 15.9 Å². The monoisotopic (exact) mass is 248 g/mol. The number of nitriles is 1. The summed E-state index contributed by atoms with van der Waals surface area (Å²) >= 11 is 3.44. The number of alkyl halides is 1. The summed E-state index contributed by atoms with van der Waals surface area (Å²) < 4.78 is 2.08. The second kappa shape index (κ2) is 3.47. The molecule has 0 saturated carbocycles. The molecule has 2 aromatic rings. The second-order valence-electron chi connectivity index (χ2n) is 3.24. The SMILES string of the molecule is Cn1cc(CBr)c2cc(C#N)ccc21. The summed E-state index contributed by atoms with van der Waals surface area (Å²) in [7, 11) is 2.01. The van der Waals surface area contributed by atoms with Gasteiger partial charge in [-0.05, 0) is 23.8 Å². The molecule has 2 rings (SSSR count). The maximum Gasteiger partial charge on any atom is 0.0991 e. The average molecular weight is 249 g/mol. The molecule has 0 bridgehead atoms. The van der Waals surface area contributed by atoms with E-state index in [2.05, 4.69) is 32.8 Å². The van der Waals surface area contributed by atoms with E-state index in [4.69, 9.17) is 5.26 Å². The summed E-state index contributed by atoms with van der Waals surface area (Å²) in [6, 6.07) is 7.93. The molecule has 0 N–H and O–H groups in total. The van der Waals surface area contributed by atoms with Gasteiger partial charge in [0.15, 0.2) is 0 Å². The van der Waals surface area contributed by atoms with E-state index < -0.39 is 0 Å². The van der Waals surface area contributed by atoms with Crippen LogP contribution in [-0.2, 0) is 12.4 Å². The molecule has 0 spiro atoms. The van der Waals surface area contributed by atoms with Gasteiger partial charge >= 0.3 is 0 Å². The van der Waals surface area contributed by atoms with E-state index in [-0.39, 0.29) is 0 Å². The Kier molecular flexibility index (Phi) is 2.30. The first-order valence-corrected chi connectivity index (χ1v) is 5.42. The number of fused-ring (bicyclic) bond motifs is 1. The van der Waals surface area contributed by atoms with Gasteiger partial charge in [0.1, 0.15) is 0 Å². The molecular weight excluding hydrogens is 240 g/mol. The van der Waals surface area contributed by atoms with Crippen molar-refractivity contribution in [1.82, 2.24) is 4.57 Å². The largest absolute Gasteiger partial charge is 0.350 e. The molecule has 0 unspecified atom stereocenters. The van der Waals surface area contributed by atoms with Crippen LogP contribution in [0.25, 0.3) is 10.9 Å². The lowest BCUT2D eigenvalue weighted by molar-refractivity contribution is 0.963. The number of halogens is 1. The second-order valence-corrected chi connectivity index (χ2v) is 3.80. The molecule has 14 heavy (non-hydrogen) atoms. The molecule has 0 amide bonds. The number of hydrogen-bond acceptors (Lipinski definition) is 1. The van der Waals surface area contributed by atoms with Crippen molar-refractivity contribution in [3.05, 3.63) is 35.5 Å². The van der Waals surface area contributed by atoms with Crippen LogP contribution in [0.4, 0.5) is 0 Å². The van der Waals surface area contributed by atoms with Gasteiger partial charge in [-0.2, -0.15) is 5.26 Å². The zero-order valence-electron chi connectivity index (χ0n) is 7.79. The summed E-state index contributed by atoms with van der Waals surface area (Å²) in [5.74, 6) is 0. The number of aryl methyl sites for hydroxylation is 1. The molecule has 0 aliphatic rings. The van der Waals surface area contributed by atoms with Crippen LogP contribution in [0, 0.1) is 11.3 Å². The Bertz CT molecular complexity index is 520. The van der Waals surface area contributed by atoms with Crippen LogP contribution in [0.2, 0.25) is 0 Å². The van der Waals surface area contributed by atoms with Gasteiger partial charge in [-0.25, -0.2) is 0 Å². The van der Waals surface area contributed by atoms with Crippen molar-refractivity contribution in [2.24, 2.45) is 7.05 Å². The molecule has 1 aromatic heterocycles. The van der Waals surface area contributed by atoms with Gasteiger partial charge in [0.25, 0.3) is 0 Å². The third kappa shape index (κ3) is 1.32. The Morgan fingerprint density at radius 3 is 2.93 bits per heavy atom. The van der Waals surface area contributed by atoms with Crippen LogP contribution < -0.4 is 0 Å². The maximum absolute atomic E-state index is 8.80. The van der Waals surface area contributed by atoms with Crippen molar-refractivity contribution in [3.8, 4) is 6.07 Å². The molecule has 0 radical (unpaired) electrons. The Hall–Kier alpha value is -1.27. The van der Waals surface area contributed by atoms with Crippen molar-refractivity contribution in [1.29, 1.82) is 5.26 Å². The van der Waals surface area contributed by atoms with Crippen molar-refractivity contribution in [3.63, 3.8) is 0 Å². The fourth-order valence-corrected chi connectivity index (χ4v) is 2.10. The normalized spacial score (nSPS) is 10.4. The topological polar surface area (TPSA) is 28.7 Å². The molecule has 0 atom stereocenters. The van der Waals surface area contributed by atoms with Crippen LogP contribution in [-0.4, -0.2) is 4.57 Å². The van der Waals surface area contributed by atoms with Gasteiger partial charge in [0.05, 0.1) is 11.6 Å². The van der Waals surface area contributed by atoms with Crippen molar-refractivity contribution < 1.29 is 0 Å². The van der Waals surface area contributed by atoms with Crippen LogP contribution in [0.3, 0.4) is 0 Å². The summed E-state index contributed by atoms with van der Waals surface area (Å²) in [6.07, 6.45) is 2.08. The molecule has 0 aliphatic heterocycles. The smallest absolute Gasteiger partial charge is 0.0991 e. The van der Waals surface area contributed by atoms with Gasteiger partial charge in [-0.3, -0.25) is 0 Å². The number of hydrogen-bond donors (Lipinski definition) is 0. The highest BCUT2D eigenvalue weighted by atomic mass is 79.9. The standard InChI is InChI=1S/C11H9BrN2/c1-14-7-9(5-12)10-4-8(6-13)2-3-11(10)14/h2-4,7H,5H2,1H3. The summed E-state index contributed by atoms with van der Waals surface area (Å²) in [5.41, 5.74) is 3.10. The molecule has 1 heterocycles. The third-order valence-corrected chi connectivity index (χ3v) is 2.95. The van der Waals surface area contributed by atoms with Crippen molar-refractivity contribution in [2.75, 3.05) is 0 Å². The van der Waals surface area contributed by atoms with Crippen LogP contribution in [0.5, 0.6) is 0 Å². The average Bonchev–Trinajstić information content (AvgIpc) is 2.55. The van der Waals surface area contributed by atoms with Gasteiger partial charge in [0, 0.05) is 29.5 Å². The zero-order chi connectivity index (χ0) is 10.1. The number of aromatic nitrogens is 1. The maximum atomic E-state index is 8.80. The number of benzene rings is 1. The van der Waals surface area contributed by atoms with E-state index in [0.717, 1.165) is 10.7 Å². The molecule has 0 fully saturated rings. The van der Waals surface area contributed by atoms with Gasteiger partial charge in [-0.15, -0.1) is 0 Å². The zero-order valence-corrected chi connectivity index (χ0v) is 9.37. The van der Waals surface area contributed by atoms with E-state index in [0.29, 0.717) is 5.56 Å². The fourth-order valence-electron chi connectivity index (χ4n) is 1.65. The Morgan fingerprint density at radius 1 is 1.50 bits per heavy atom. The van der Waals surface area contributed by atoms with E-state index in [1.165, 1.54) is 11.1 Å². The minimum atomic E-state index is 0.714. The fraction of sp³-hybridized carbons (Fsp3) is 0.182. The van der Waals surface area contributed by atoms with Crippen molar-refractivity contribution >= 4 is 26.8 Å². The molecule has 70 valence electrons. The first-order valence-electron chi connectivity index (χ1n) is 4.30. The first-order chi connectivity index (χ1) is 6.76. The highest BCUT2D eigenvalue weighted by Gasteiger charge is 2.05. The Balaban J connectivity index is 2.79. The summed E-state index contributed by atoms with van der Waals surface area (Å²) in [6.45, 7) is 0. The summed E-state index contributed by atoms with van der Waals surface area (Å²) in [5, 5.41) is 10.8. The van der Waals surface area contributed by atoms with Crippen LogP contribution in [0.1, 0.15) is 11.1 Å². The summed E-state index contributed by atoms with van der Waals surface area (Å²) in [4.78, 5) is 0. The molecular formula is C11H9BrN2. The third-order valence-electron chi connectivity index (χ3n) is 2.35. The number of nitrogens with zero attached hydrogens (tertiary/aromatic N) is 2.